The van der Waals surface area contributed by atoms with E-state index in [1.807, 2.05) is 57.2 Å². The molecule has 6 heteroatoms. The van der Waals surface area contributed by atoms with Gasteiger partial charge in [-0.1, -0.05) is 48.5 Å². The number of ether oxygens (including phenoxy) is 2. The largest absolute Gasteiger partial charge is 0.496 e. The van der Waals surface area contributed by atoms with E-state index in [2.05, 4.69) is 37.4 Å². The van der Waals surface area contributed by atoms with E-state index in [9.17, 15) is 15.0 Å². The van der Waals surface area contributed by atoms with Crippen molar-refractivity contribution in [1.82, 2.24) is 5.32 Å². The van der Waals surface area contributed by atoms with Crippen molar-refractivity contribution < 1.29 is 24.5 Å². The first-order valence-corrected chi connectivity index (χ1v) is 12.6. The summed E-state index contributed by atoms with van der Waals surface area (Å²) in [6.45, 7) is 10.4. The Bertz CT molecular complexity index is 1210. The second-order valence-electron chi connectivity index (χ2n) is 10.2. The molecule has 2 atom stereocenters. The highest BCUT2D eigenvalue weighted by Crippen LogP contribution is 2.34. The zero-order valence-corrected chi connectivity index (χ0v) is 22.7. The molecule has 0 fully saturated rings. The molecular weight excluding hydrogens is 466 g/mol. The third-order valence-corrected chi connectivity index (χ3v) is 6.71. The second kappa shape index (κ2) is 12.4. The molecule has 0 saturated carbocycles. The van der Waals surface area contributed by atoms with Crippen molar-refractivity contribution in [3.8, 4) is 16.9 Å². The summed E-state index contributed by atoms with van der Waals surface area (Å²) < 4.78 is 11.5. The Morgan fingerprint density at radius 1 is 1.05 bits per heavy atom. The van der Waals surface area contributed by atoms with Gasteiger partial charge in [0.1, 0.15) is 5.75 Å². The number of β-amino-alcohol motifs (C(OH)–C–C–N with tert-alkyl or cyclic N) is 1. The molecule has 37 heavy (non-hydrogen) atoms. The first kappa shape index (κ1) is 28.4. The number of nitrogens with one attached hydrogen (secondary N) is 1. The van der Waals surface area contributed by atoms with Crippen LogP contribution in [-0.4, -0.2) is 48.1 Å². The van der Waals surface area contributed by atoms with Gasteiger partial charge in [0.05, 0.1) is 31.5 Å². The standard InChI is InChI=1S/C31H39NO5/c1-20-12-13-23(16-28(20)36-6)17-31(4,5)32-18-25(33)19-37-22(3)29-21(2)26(30(34)35)14-15-27(29)24-10-8-7-9-11-24/h7-16,22,25,32-33H,17-19H2,1-6H3,(H,34,35)/t22?,25-/m1/s1. The average molecular weight is 506 g/mol. The topological polar surface area (TPSA) is 88.0 Å². The fraction of sp³-hybridized carbons (Fsp3) is 0.387. The van der Waals surface area contributed by atoms with Gasteiger partial charge in [-0.05, 0) is 86.6 Å². The minimum absolute atomic E-state index is 0.119. The molecule has 0 aliphatic carbocycles. The van der Waals surface area contributed by atoms with Gasteiger partial charge in [-0.15, -0.1) is 0 Å². The molecule has 0 aromatic heterocycles. The van der Waals surface area contributed by atoms with E-state index >= 15 is 0 Å². The molecule has 0 bridgehead atoms. The molecule has 1 unspecified atom stereocenters. The Kier molecular flexibility index (Phi) is 9.49. The van der Waals surface area contributed by atoms with Crippen LogP contribution in [0.1, 0.15) is 59.5 Å². The summed E-state index contributed by atoms with van der Waals surface area (Å²) in [7, 11) is 1.68. The van der Waals surface area contributed by atoms with Crippen LogP contribution >= 0.6 is 0 Å². The van der Waals surface area contributed by atoms with Crippen molar-refractivity contribution >= 4 is 5.97 Å². The van der Waals surface area contributed by atoms with Crippen molar-refractivity contribution in [2.45, 2.75) is 58.8 Å². The summed E-state index contributed by atoms with van der Waals surface area (Å²) in [6.07, 6.45) is -0.357. The Hall–Kier alpha value is -3.19. The summed E-state index contributed by atoms with van der Waals surface area (Å²) in [6, 6.07) is 19.5. The number of carbonyl (C=O) groups is 1. The second-order valence-corrected chi connectivity index (χ2v) is 10.2. The van der Waals surface area contributed by atoms with Crippen molar-refractivity contribution in [2.24, 2.45) is 0 Å². The zero-order valence-electron chi connectivity index (χ0n) is 22.7. The fourth-order valence-corrected chi connectivity index (χ4v) is 4.69. The number of methoxy groups -OCH3 is 1. The lowest BCUT2D eigenvalue weighted by Crippen LogP contribution is -2.46. The maximum absolute atomic E-state index is 11.8. The molecule has 0 heterocycles. The van der Waals surface area contributed by atoms with E-state index in [0.29, 0.717) is 12.1 Å². The summed E-state index contributed by atoms with van der Waals surface area (Å²) in [4.78, 5) is 11.8. The number of hydrogen-bond acceptors (Lipinski definition) is 5. The van der Waals surface area contributed by atoms with Gasteiger partial charge in [0, 0.05) is 12.1 Å². The lowest BCUT2D eigenvalue weighted by Gasteiger charge is -2.29. The highest BCUT2D eigenvalue weighted by molar-refractivity contribution is 5.91. The number of hydrogen-bond donors (Lipinski definition) is 3. The number of rotatable bonds is 12. The Labute approximate surface area is 220 Å². The van der Waals surface area contributed by atoms with Gasteiger partial charge in [0.25, 0.3) is 0 Å². The zero-order chi connectivity index (χ0) is 27.2. The van der Waals surface area contributed by atoms with E-state index in [1.165, 1.54) is 0 Å². The highest BCUT2D eigenvalue weighted by atomic mass is 16.5. The SMILES string of the molecule is COc1cc(CC(C)(C)NC[C@@H](O)COC(C)c2c(-c3ccccc3)ccc(C(=O)O)c2C)ccc1C. The van der Waals surface area contributed by atoms with Crippen LogP contribution in [0, 0.1) is 13.8 Å². The third kappa shape index (κ3) is 7.41. The molecule has 3 N–H and O–H groups in total. The summed E-state index contributed by atoms with van der Waals surface area (Å²) in [5.41, 5.74) is 5.66. The van der Waals surface area contributed by atoms with E-state index in [4.69, 9.17) is 9.47 Å². The number of carboxylic acids is 1. The lowest BCUT2D eigenvalue weighted by atomic mass is 9.90. The molecule has 3 aromatic carbocycles. The third-order valence-electron chi connectivity index (χ3n) is 6.71. The van der Waals surface area contributed by atoms with Gasteiger partial charge >= 0.3 is 5.97 Å². The van der Waals surface area contributed by atoms with E-state index in [1.54, 1.807) is 13.2 Å². The Balaban J connectivity index is 1.65. The van der Waals surface area contributed by atoms with Gasteiger partial charge in [0.2, 0.25) is 0 Å². The van der Waals surface area contributed by atoms with Crippen molar-refractivity contribution in [3.63, 3.8) is 0 Å². The van der Waals surface area contributed by atoms with Crippen LogP contribution in [0.3, 0.4) is 0 Å². The molecule has 0 radical (unpaired) electrons. The quantitative estimate of drug-likeness (QED) is 0.292. The highest BCUT2D eigenvalue weighted by Gasteiger charge is 2.23. The number of aliphatic hydroxyl groups is 1. The van der Waals surface area contributed by atoms with Gasteiger partial charge < -0.3 is 25.0 Å². The normalized spacial score (nSPS) is 13.3. The van der Waals surface area contributed by atoms with Crippen molar-refractivity contribution in [2.75, 3.05) is 20.3 Å². The molecule has 0 saturated heterocycles. The van der Waals surface area contributed by atoms with E-state index in [-0.39, 0.29) is 17.7 Å². The van der Waals surface area contributed by atoms with Gasteiger partial charge in [-0.3, -0.25) is 0 Å². The predicted octanol–water partition coefficient (Wildman–Crippen LogP) is 5.73. The smallest absolute Gasteiger partial charge is 0.335 e. The number of aryl methyl sites for hydroxylation is 1. The maximum Gasteiger partial charge on any atom is 0.335 e. The van der Waals surface area contributed by atoms with Crippen LogP contribution in [0.25, 0.3) is 11.1 Å². The first-order valence-electron chi connectivity index (χ1n) is 12.6. The summed E-state index contributed by atoms with van der Waals surface area (Å²) >= 11 is 0. The molecule has 3 aromatic rings. The van der Waals surface area contributed by atoms with Crippen molar-refractivity contribution in [3.05, 3.63) is 88.5 Å². The molecule has 0 spiro atoms. The maximum atomic E-state index is 11.8. The first-order chi connectivity index (χ1) is 17.5. The van der Waals surface area contributed by atoms with Crippen molar-refractivity contribution in [1.29, 1.82) is 0 Å². The minimum atomic E-state index is -0.969. The van der Waals surface area contributed by atoms with Crippen LogP contribution in [-0.2, 0) is 11.2 Å². The van der Waals surface area contributed by atoms with Crippen LogP contribution in [0.2, 0.25) is 0 Å². The number of carboxylic acid groups (broad SMARTS) is 1. The van der Waals surface area contributed by atoms with Gasteiger partial charge in [0.15, 0.2) is 0 Å². The van der Waals surface area contributed by atoms with Gasteiger partial charge in [-0.2, -0.15) is 0 Å². The summed E-state index contributed by atoms with van der Waals surface area (Å²) in [5.74, 6) is -0.101. The molecule has 0 aliphatic heterocycles. The molecule has 3 rings (SSSR count). The average Bonchev–Trinajstić information content (AvgIpc) is 2.87. The van der Waals surface area contributed by atoms with Crippen LogP contribution in [0.5, 0.6) is 5.75 Å². The number of benzene rings is 3. The molecule has 0 amide bonds. The molecule has 198 valence electrons. The summed E-state index contributed by atoms with van der Waals surface area (Å²) in [5, 5.41) is 23.8. The Morgan fingerprint density at radius 3 is 2.41 bits per heavy atom. The minimum Gasteiger partial charge on any atom is -0.496 e. The van der Waals surface area contributed by atoms with Crippen LogP contribution in [0.4, 0.5) is 0 Å². The number of aliphatic hydroxyl groups excluding tert-OH is 1. The molecule has 0 aliphatic rings. The fourth-order valence-electron chi connectivity index (χ4n) is 4.69. The van der Waals surface area contributed by atoms with E-state index in [0.717, 1.165) is 40.0 Å². The molecular formula is C31H39NO5. The van der Waals surface area contributed by atoms with Crippen LogP contribution in [0.15, 0.2) is 60.7 Å². The van der Waals surface area contributed by atoms with Crippen LogP contribution < -0.4 is 10.1 Å². The Morgan fingerprint density at radius 2 is 1.76 bits per heavy atom. The lowest BCUT2D eigenvalue weighted by molar-refractivity contribution is -0.00423. The monoisotopic (exact) mass is 505 g/mol. The van der Waals surface area contributed by atoms with Gasteiger partial charge in [-0.25, -0.2) is 4.79 Å². The number of aromatic carboxylic acids is 1. The predicted molar refractivity (Wildman–Crippen MR) is 147 cm³/mol. The molecule has 6 nitrogen and oxygen atoms in total. The van der Waals surface area contributed by atoms with E-state index < -0.39 is 18.2 Å².